The summed E-state index contributed by atoms with van der Waals surface area (Å²) in [7, 11) is -3.84. The van der Waals surface area contributed by atoms with Gasteiger partial charge in [-0.2, -0.15) is 0 Å². The number of pyridine rings is 1. The van der Waals surface area contributed by atoms with Crippen molar-refractivity contribution in [2.45, 2.75) is 18.3 Å². The first-order chi connectivity index (χ1) is 6.82. The normalized spacial score (nSPS) is 16.0. The minimum absolute atomic E-state index is 0.0675. The molecular formula is C8H11FN2O3S. The number of nitrogens with two attached hydrogens (primary N) is 1. The minimum atomic E-state index is -3.84. The van der Waals surface area contributed by atoms with Gasteiger partial charge in [-0.25, -0.2) is 17.9 Å². The first-order valence-corrected chi connectivity index (χ1v) is 5.74. The van der Waals surface area contributed by atoms with Gasteiger partial charge < -0.3 is 5.11 Å². The summed E-state index contributed by atoms with van der Waals surface area (Å²) >= 11 is 0. The monoisotopic (exact) mass is 234 g/mol. The van der Waals surface area contributed by atoms with E-state index in [1.807, 2.05) is 0 Å². The summed E-state index contributed by atoms with van der Waals surface area (Å²) in [6, 6.07) is 2.29. The largest absolute Gasteiger partial charge is 0.385 e. The fourth-order valence-corrected chi connectivity index (χ4v) is 1.48. The van der Waals surface area contributed by atoms with E-state index in [1.54, 1.807) is 0 Å². The molecule has 0 spiro atoms. The Kier molecular flexibility index (Phi) is 3.38. The maximum absolute atomic E-state index is 12.5. The molecule has 1 aromatic rings. The molecule has 84 valence electrons. The maximum Gasteiger partial charge on any atom is 0.214 e. The van der Waals surface area contributed by atoms with Crippen molar-refractivity contribution in [2.75, 3.05) is 0 Å². The molecule has 5 nitrogen and oxygen atoms in total. The molecule has 0 saturated carbocycles. The molecule has 3 N–H and O–H groups in total. The van der Waals surface area contributed by atoms with Crippen molar-refractivity contribution < 1.29 is 17.9 Å². The summed E-state index contributed by atoms with van der Waals surface area (Å²) < 4.78 is 34.4. The second-order valence-corrected chi connectivity index (χ2v) is 5.06. The SMILES string of the molecule is CC(C(O)c1ccc(F)cn1)S(N)(=O)=O. The molecule has 0 amide bonds. The topological polar surface area (TPSA) is 93.3 Å². The van der Waals surface area contributed by atoms with E-state index in [-0.39, 0.29) is 5.69 Å². The van der Waals surface area contributed by atoms with Gasteiger partial charge in [-0.1, -0.05) is 0 Å². The van der Waals surface area contributed by atoms with Crippen LogP contribution < -0.4 is 5.14 Å². The summed E-state index contributed by atoms with van der Waals surface area (Å²) in [4.78, 5) is 3.57. The number of hydrogen-bond acceptors (Lipinski definition) is 4. The van der Waals surface area contributed by atoms with Gasteiger partial charge in [0.2, 0.25) is 10.0 Å². The first-order valence-electron chi connectivity index (χ1n) is 4.13. The number of halogens is 1. The van der Waals surface area contributed by atoms with Crippen LogP contribution in [0.4, 0.5) is 4.39 Å². The highest BCUT2D eigenvalue weighted by Gasteiger charge is 2.26. The summed E-state index contributed by atoms with van der Waals surface area (Å²) in [5, 5.41) is 13.2. The molecule has 0 saturated heterocycles. The number of sulfonamides is 1. The second kappa shape index (κ2) is 4.21. The Morgan fingerprint density at radius 3 is 2.53 bits per heavy atom. The van der Waals surface area contributed by atoms with Crippen LogP contribution in [0.5, 0.6) is 0 Å². The van der Waals surface area contributed by atoms with E-state index in [1.165, 1.54) is 13.0 Å². The Balaban J connectivity index is 2.95. The summed E-state index contributed by atoms with van der Waals surface area (Å²) in [6.45, 7) is 1.25. The molecule has 15 heavy (non-hydrogen) atoms. The lowest BCUT2D eigenvalue weighted by Crippen LogP contribution is -2.31. The quantitative estimate of drug-likeness (QED) is 0.765. The van der Waals surface area contributed by atoms with Crippen molar-refractivity contribution in [3.05, 3.63) is 29.8 Å². The maximum atomic E-state index is 12.5. The molecule has 7 heteroatoms. The molecule has 2 atom stereocenters. The Morgan fingerprint density at radius 1 is 1.53 bits per heavy atom. The van der Waals surface area contributed by atoms with Gasteiger partial charge in [0.15, 0.2) is 0 Å². The van der Waals surface area contributed by atoms with Crippen molar-refractivity contribution in [2.24, 2.45) is 5.14 Å². The standard InChI is InChI=1S/C8H11FN2O3S/c1-5(15(10,13)14)8(12)7-3-2-6(9)4-11-7/h2-5,8,12H,1H3,(H2,10,13,14). The van der Waals surface area contributed by atoms with Crippen molar-refractivity contribution in [3.8, 4) is 0 Å². The molecule has 1 aromatic heterocycles. The van der Waals surface area contributed by atoms with E-state index in [0.717, 1.165) is 12.3 Å². The van der Waals surface area contributed by atoms with Crippen molar-refractivity contribution in [3.63, 3.8) is 0 Å². The van der Waals surface area contributed by atoms with Crippen LogP contribution in [-0.2, 0) is 10.0 Å². The van der Waals surface area contributed by atoms with Crippen molar-refractivity contribution >= 4 is 10.0 Å². The number of aromatic nitrogens is 1. The van der Waals surface area contributed by atoms with E-state index in [0.29, 0.717) is 0 Å². The molecule has 0 bridgehead atoms. The molecule has 0 fully saturated rings. The molecule has 0 aliphatic carbocycles. The molecule has 1 heterocycles. The van der Waals surface area contributed by atoms with Crippen molar-refractivity contribution in [1.29, 1.82) is 0 Å². The zero-order valence-electron chi connectivity index (χ0n) is 7.96. The van der Waals surface area contributed by atoms with E-state index >= 15 is 0 Å². The molecule has 0 aliphatic rings. The third kappa shape index (κ3) is 2.95. The fourth-order valence-electron chi connectivity index (χ4n) is 0.982. The first kappa shape index (κ1) is 12.0. The molecule has 2 unspecified atom stereocenters. The average molecular weight is 234 g/mol. The average Bonchev–Trinajstić information content (AvgIpc) is 2.15. The van der Waals surface area contributed by atoms with Gasteiger partial charge in [0.1, 0.15) is 17.2 Å². The van der Waals surface area contributed by atoms with Gasteiger partial charge in [-0.15, -0.1) is 0 Å². The third-order valence-corrected chi connectivity index (χ3v) is 3.31. The number of hydrogen-bond donors (Lipinski definition) is 2. The molecule has 0 radical (unpaired) electrons. The van der Waals surface area contributed by atoms with Gasteiger partial charge in [-0.3, -0.25) is 4.98 Å². The Hall–Kier alpha value is -1.05. The lowest BCUT2D eigenvalue weighted by Gasteiger charge is -2.15. The third-order valence-electron chi connectivity index (χ3n) is 2.02. The van der Waals surface area contributed by atoms with Gasteiger partial charge >= 0.3 is 0 Å². The highest BCUT2D eigenvalue weighted by molar-refractivity contribution is 7.89. The van der Waals surface area contributed by atoms with Crippen molar-refractivity contribution in [1.82, 2.24) is 4.98 Å². The zero-order chi connectivity index (χ0) is 11.6. The zero-order valence-corrected chi connectivity index (χ0v) is 8.78. The Bertz CT molecular complexity index is 432. The second-order valence-electron chi connectivity index (χ2n) is 3.14. The van der Waals surface area contributed by atoms with E-state index < -0.39 is 27.2 Å². The number of nitrogens with zero attached hydrogens (tertiary/aromatic N) is 1. The van der Waals surface area contributed by atoms with Gasteiger partial charge in [0.25, 0.3) is 0 Å². The summed E-state index contributed by atoms with van der Waals surface area (Å²) in [5.41, 5.74) is 0.0675. The summed E-state index contributed by atoms with van der Waals surface area (Å²) in [5.74, 6) is -0.561. The smallest absolute Gasteiger partial charge is 0.214 e. The Labute approximate surface area is 86.8 Å². The highest BCUT2D eigenvalue weighted by Crippen LogP contribution is 2.18. The van der Waals surface area contributed by atoms with Crippen LogP contribution in [0.1, 0.15) is 18.7 Å². The lowest BCUT2D eigenvalue weighted by atomic mass is 10.2. The van der Waals surface area contributed by atoms with E-state index in [2.05, 4.69) is 4.98 Å². The van der Waals surface area contributed by atoms with E-state index in [9.17, 15) is 17.9 Å². The van der Waals surface area contributed by atoms with Gasteiger partial charge in [-0.05, 0) is 19.1 Å². The highest BCUT2D eigenvalue weighted by atomic mass is 32.2. The van der Waals surface area contributed by atoms with Crippen LogP contribution in [0.25, 0.3) is 0 Å². The van der Waals surface area contributed by atoms with Crippen LogP contribution >= 0.6 is 0 Å². The van der Waals surface area contributed by atoms with Crippen LogP contribution in [0.15, 0.2) is 18.3 Å². The summed E-state index contributed by atoms with van der Waals surface area (Å²) in [6.07, 6.45) is -0.463. The van der Waals surface area contributed by atoms with E-state index in [4.69, 9.17) is 5.14 Å². The minimum Gasteiger partial charge on any atom is -0.385 e. The lowest BCUT2D eigenvalue weighted by molar-refractivity contribution is 0.171. The molecular weight excluding hydrogens is 223 g/mol. The molecule has 0 aromatic carbocycles. The van der Waals surface area contributed by atoms with Gasteiger partial charge in [0.05, 0.1) is 11.9 Å². The predicted molar refractivity (Wildman–Crippen MR) is 51.7 cm³/mol. The van der Waals surface area contributed by atoms with Crippen LogP contribution in [-0.4, -0.2) is 23.8 Å². The number of aliphatic hydroxyl groups excluding tert-OH is 1. The molecule has 0 aliphatic heterocycles. The van der Waals surface area contributed by atoms with Crippen LogP contribution in [0.2, 0.25) is 0 Å². The number of primary sulfonamides is 1. The van der Waals surface area contributed by atoms with Gasteiger partial charge in [0, 0.05) is 0 Å². The number of rotatable bonds is 3. The predicted octanol–water partition coefficient (Wildman–Crippen LogP) is -0.0689. The Morgan fingerprint density at radius 2 is 2.13 bits per heavy atom. The fraction of sp³-hybridized carbons (Fsp3) is 0.375. The molecule has 1 rings (SSSR count). The van der Waals surface area contributed by atoms with Crippen LogP contribution in [0.3, 0.4) is 0 Å². The van der Waals surface area contributed by atoms with Crippen LogP contribution in [0, 0.1) is 5.82 Å². The number of aliphatic hydroxyl groups is 1.